The second-order valence-electron chi connectivity index (χ2n) is 8.00. The normalized spacial score (nSPS) is 11.7. The van der Waals surface area contributed by atoms with E-state index in [1.54, 1.807) is 29.0 Å². The molecular formula is C21H24F2N8O. The molecule has 0 spiro atoms. The van der Waals surface area contributed by atoms with Gasteiger partial charge in [0.1, 0.15) is 11.3 Å². The largest absolute Gasteiger partial charge is 0.368 e. The van der Waals surface area contributed by atoms with Crippen LogP contribution in [0.5, 0.6) is 0 Å². The lowest BCUT2D eigenvalue weighted by Gasteiger charge is -2.15. The fourth-order valence-corrected chi connectivity index (χ4v) is 3.49. The van der Waals surface area contributed by atoms with Gasteiger partial charge in [-0.3, -0.25) is 9.48 Å². The van der Waals surface area contributed by atoms with Crippen molar-refractivity contribution >= 4 is 28.4 Å². The molecule has 0 saturated carbocycles. The molecule has 11 heteroatoms. The minimum atomic E-state index is -0.801. The van der Waals surface area contributed by atoms with Crippen molar-refractivity contribution in [1.29, 1.82) is 0 Å². The van der Waals surface area contributed by atoms with Crippen molar-refractivity contribution in [3.8, 4) is 0 Å². The number of benzene rings is 1. The third-order valence-corrected chi connectivity index (χ3v) is 5.23. The number of rotatable bonds is 7. The van der Waals surface area contributed by atoms with Crippen molar-refractivity contribution in [3.05, 3.63) is 47.5 Å². The Hall–Kier alpha value is -3.63. The Morgan fingerprint density at radius 3 is 2.72 bits per heavy atom. The smallest absolute Gasteiger partial charge is 0.256 e. The predicted octanol–water partition coefficient (Wildman–Crippen LogP) is 3.01. The molecule has 0 aliphatic heterocycles. The van der Waals surface area contributed by atoms with Gasteiger partial charge in [0.2, 0.25) is 5.95 Å². The minimum Gasteiger partial charge on any atom is -0.368 e. The highest BCUT2D eigenvalue weighted by Crippen LogP contribution is 2.23. The number of halogens is 2. The van der Waals surface area contributed by atoms with Gasteiger partial charge in [0, 0.05) is 38.3 Å². The van der Waals surface area contributed by atoms with Crippen LogP contribution in [0.2, 0.25) is 0 Å². The van der Waals surface area contributed by atoms with Gasteiger partial charge >= 0.3 is 0 Å². The lowest BCUT2D eigenvalue weighted by Crippen LogP contribution is -2.27. The maximum absolute atomic E-state index is 14.1. The van der Waals surface area contributed by atoms with Crippen molar-refractivity contribution < 1.29 is 13.6 Å². The molecule has 4 rings (SSSR count). The SMILES string of the molecule is CC(C)n1cc(C(=O)N(C)CCCCc2nc3c4cc(F)cc(F)c4nc(N)n3n2)cn1. The third kappa shape index (κ3) is 4.10. The van der Waals surface area contributed by atoms with Crippen LogP contribution in [0, 0.1) is 11.6 Å². The zero-order valence-electron chi connectivity index (χ0n) is 18.1. The summed E-state index contributed by atoms with van der Waals surface area (Å²) in [5, 5.41) is 8.74. The highest BCUT2D eigenvalue weighted by atomic mass is 19.1. The van der Waals surface area contributed by atoms with Crippen LogP contribution < -0.4 is 5.73 Å². The molecule has 168 valence electrons. The number of nitrogen functional groups attached to an aromatic ring is 1. The molecule has 0 radical (unpaired) electrons. The van der Waals surface area contributed by atoms with E-state index in [4.69, 9.17) is 5.73 Å². The van der Waals surface area contributed by atoms with Gasteiger partial charge < -0.3 is 10.6 Å². The number of carbonyl (C=O) groups excluding carboxylic acids is 1. The average Bonchev–Trinajstić information content (AvgIpc) is 3.39. The molecular weight excluding hydrogens is 418 g/mol. The molecule has 0 bridgehead atoms. The highest BCUT2D eigenvalue weighted by molar-refractivity contribution is 5.93. The van der Waals surface area contributed by atoms with Crippen LogP contribution in [0.25, 0.3) is 16.6 Å². The molecule has 0 aliphatic rings. The van der Waals surface area contributed by atoms with Crippen molar-refractivity contribution in [2.75, 3.05) is 19.3 Å². The van der Waals surface area contributed by atoms with Crippen molar-refractivity contribution in [2.24, 2.45) is 0 Å². The van der Waals surface area contributed by atoms with Crippen LogP contribution in [0.1, 0.15) is 48.9 Å². The summed E-state index contributed by atoms with van der Waals surface area (Å²) in [7, 11) is 1.75. The maximum atomic E-state index is 14.1. The van der Waals surface area contributed by atoms with E-state index in [1.807, 2.05) is 13.8 Å². The van der Waals surface area contributed by atoms with E-state index in [-0.39, 0.29) is 34.4 Å². The minimum absolute atomic E-state index is 0.0240. The predicted molar refractivity (Wildman–Crippen MR) is 115 cm³/mol. The molecule has 1 aromatic carbocycles. The standard InChI is InChI=1S/C21H24F2N8O/c1-12(2)30-11-13(10-25-30)20(32)29(3)7-5-4-6-17-26-19-15-8-14(22)9-16(23)18(15)27-21(24)31(19)28-17/h8-12H,4-7H2,1-3H3,(H2,24,27). The van der Waals surface area contributed by atoms with Crippen LogP contribution >= 0.6 is 0 Å². The Labute approximate surface area is 182 Å². The van der Waals surface area contributed by atoms with Gasteiger partial charge in [-0.15, -0.1) is 5.10 Å². The van der Waals surface area contributed by atoms with Crippen molar-refractivity contribution in [3.63, 3.8) is 0 Å². The van der Waals surface area contributed by atoms with E-state index in [0.717, 1.165) is 12.5 Å². The topological polar surface area (TPSA) is 107 Å². The van der Waals surface area contributed by atoms with Gasteiger partial charge in [-0.2, -0.15) is 9.61 Å². The zero-order chi connectivity index (χ0) is 23.0. The molecule has 1 amide bonds. The number of amides is 1. The quantitative estimate of drug-likeness (QED) is 0.441. The monoisotopic (exact) mass is 442 g/mol. The molecule has 0 atom stereocenters. The molecule has 32 heavy (non-hydrogen) atoms. The molecule has 3 aromatic heterocycles. The Kier molecular flexibility index (Phi) is 5.72. The second kappa shape index (κ2) is 8.48. The molecule has 0 unspecified atom stereocenters. The summed E-state index contributed by atoms with van der Waals surface area (Å²) in [5.74, 6) is -1.14. The number of anilines is 1. The van der Waals surface area contributed by atoms with Crippen molar-refractivity contribution in [2.45, 2.75) is 39.2 Å². The molecule has 2 N–H and O–H groups in total. The first-order valence-corrected chi connectivity index (χ1v) is 10.3. The summed E-state index contributed by atoms with van der Waals surface area (Å²) in [6.07, 6.45) is 5.29. The van der Waals surface area contributed by atoms with E-state index in [9.17, 15) is 13.6 Å². The number of carbonyl (C=O) groups is 1. The van der Waals surface area contributed by atoms with Gasteiger partial charge in [-0.1, -0.05) is 0 Å². The van der Waals surface area contributed by atoms with Gasteiger partial charge in [0.15, 0.2) is 17.3 Å². The van der Waals surface area contributed by atoms with Crippen LogP contribution in [0.4, 0.5) is 14.7 Å². The first kappa shape index (κ1) is 21.6. The molecule has 0 saturated heterocycles. The van der Waals surface area contributed by atoms with Gasteiger partial charge in [0.25, 0.3) is 5.91 Å². The Morgan fingerprint density at radius 2 is 2.00 bits per heavy atom. The van der Waals surface area contributed by atoms with E-state index in [0.29, 0.717) is 30.8 Å². The van der Waals surface area contributed by atoms with Gasteiger partial charge in [-0.25, -0.2) is 18.7 Å². The highest BCUT2D eigenvalue weighted by Gasteiger charge is 2.17. The number of unbranched alkanes of at least 4 members (excludes halogenated alkanes) is 1. The molecule has 3 heterocycles. The number of nitrogens with two attached hydrogens (primary N) is 1. The molecule has 9 nitrogen and oxygen atoms in total. The first-order valence-electron chi connectivity index (χ1n) is 10.3. The average molecular weight is 442 g/mol. The second-order valence-corrected chi connectivity index (χ2v) is 8.00. The number of aromatic nitrogens is 6. The lowest BCUT2D eigenvalue weighted by atomic mass is 10.2. The molecule has 0 fully saturated rings. The third-order valence-electron chi connectivity index (χ3n) is 5.23. The number of hydrogen-bond acceptors (Lipinski definition) is 6. The van der Waals surface area contributed by atoms with Gasteiger partial charge in [0.05, 0.1) is 17.1 Å². The van der Waals surface area contributed by atoms with E-state index in [1.165, 1.54) is 10.6 Å². The molecule has 0 aliphatic carbocycles. The van der Waals surface area contributed by atoms with Crippen LogP contribution in [-0.2, 0) is 6.42 Å². The Morgan fingerprint density at radius 1 is 1.22 bits per heavy atom. The fraction of sp³-hybridized carbons (Fsp3) is 0.381. The summed E-state index contributed by atoms with van der Waals surface area (Å²) in [6.45, 7) is 4.55. The van der Waals surface area contributed by atoms with Crippen LogP contribution in [-0.4, -0.2) is 53.8 Å². The van der Waals surface area contributed by atoms with E-state index < -0.39 is 11.6 Å². The fourth-order valence-electron chi connectivity index (χ4n) is 3.49. The maximum Gasteiger partial charge on any atom is 0.256 e. The summed E-state index contributed by atoms with van der Waals surface area (Å²) in [4.78, 5) is 22.6. The van der Waals surface area contributed by atoms with E-state index >= 15 is 0 Å². The Bertz CT molecular complexity index is 1300. The summed E-state index contributed by atoms with van der Waals surface area (Å²) < 4.78 is 30.8. The van der Waals surface area contributed by atoms with Crippen molar-refractivity contribution in [1.82, 2.24) is 34.3 Å². The molecule has 4 aromatic rings. The number of nitrogens with zero attached hydrogens (tertiary/aromatic N) is 7. The number of hydrogen-bond donors (Lipinski definition) is 1. The number of fused-ring (bicyclic) bond motifs is 3. The van der Waals surface area contributed by atoms with E-state index in [2.05, 4.69) is 20.2 Å². The number of aryl methyl sites for hydroxylation is 1. The summed E-state index contributed by atoms with van der Waals surface area (Å²) in [6, 6.07) is 2.11. The van der Waals surface area contributed by atoms with Crippen LogP contribution in [0.15, 0.2) is 24.5 Å². The van der Waals surface area contributed by atoms with Crippen LogP contribution in [0.3, 0.4) is 0 Å². The zero-order valence-corrected chi connectivity index (χ0v) is 18.1. The Balaban J connectivity index is 1.40. The first-order chi connectivity index (χ1) is 15.2. The van der Waals surface area contributed by atoms with Gasteiger partial charge in [-0.05, 0) is 32.8 Å². The summed E-state index contributed by atoms with van der Waals surface area (Å²) in [5.41, 5.74) is 6.65. The summed E-state index contributed by atoms with van der Waals surface area (Å²) >= 11 is 0. The lowest BCUT2D eigenvalue weighted by molar-refractivity contribution is 0.0792.